The zero-order valence-corrected chi connectivity index (χ0v) is 27.3. The molecule has 6 aliphatic rings. The van der Waals surface area contributed by atoms with Gasteiger partial charge in [0.25, 0.3) is 0 Å². The van der Waals surface area contributed by atoms with Crippen LogP contribution >= 0.6 is 0 Å². The lowest BCUT2D eigenvalue weighted by atomic mass is 9.53. The molecule has 10 heteroatoms. The van der Waals surface area contributed by atoms with Gasteiger partial charge in [-0.05, 0) is 50.0 Å². The van der Waals surface area contributed by atoms with E-state index in [2.05, 4.69) is 13.5 Å². The van der Waals surface area contributed by atoms with Crippen molar-refractivity contribution < 1.29 is 48.6 Å². The third-order valence-corrected chi connectivity index (χ3v) is 11.5. The van der Waals surface area contributed by atoms with E-state index < -0.39 is 88.9 Å². The van der Waals surface area contributed by atoms with Crippen molar-refractivity contribution in [1.82, 2.24) is 0 Å². The van der Waals surface area contributed by atoms with E-state index in [1.54, 1.807) is 62.4 Å². The summed E-state index contributed by atoms with van der Waals surface area (Å²) in [5, 5.41) is 34.9. The Kier molecular flexibility index (Phi) is 7.65. The van der Waals surface area contributed by atoms with E-state index in [-0.39, 0.29) is 5.57 Å². The molecule has 3 aliphatic heterocycles. The number of Topliss-reactive ketones (excluding diaryl/α,β-unsaturated/α-hetero) is 1. The second-order valence-electron chi connectivity index (χ2n) is 14.1. The number of carbonyl (C=O) groups excluding carboxylic acids is 2. The van der Waals surface area contributed by atoms with Crippen LogP contribution in [0.5, 0.6) is 0 Å². The summed E-state index contributed by atoms with van der Waals surface area (Å²) in [6, 6.07) is 8.57. The maximum Gasteiger partial charge on any atom is 0.338 e. The van der Waals surface area contributed by atoms with Crippen LogP contribution in [0.3, 0.4) is 0 Å². The van der Waals surface area contributed by atoms with E-state index >= 15 is 0 Å². The predicted octanol–water partition coefficient (Wildman–Crippen LogP) is 3.70. The number of carbonyl (C=O) groups is 2. The lowest BCUT2D eigenvalue weighted by Gasteiger charge is -2.61. The van der Waals surface area contributed by atoms with Crippen LogP contribution < -0.4 is 0 Å². The molecule has 3 bridgehead atoms. The predicted molar refractivity (Wildman–Crippen MR) is 169 cm³/mol. The monoisotopic (exact) mass is 648 g/mol. The van der Waals surface area contributed by atoms with E-state index in [0.717, 1.165) is 25.7 Å². The van der Waals surface area contributed by atoms with Gasteiger partial charge in [0.05, 0.1) is 17.8 Å². The molecule has 0 spiro atoms. The number of benzene rings is 1. The molecule has 1 unspecified atom stereocenters. The van der Waals surface area contributed by atoms with Gasteiger partial charge in [-0.3, -0.25) is 4.79 Å². The van der Waals surface area contributed by atoms with Gasteiger partial charge in [0.1, 0.15) is 30.0 Å². The summed E-state index contributed by atoms with van der Waals surface area (Å²) in [6.07, 6.45) is 8.51. The molecule has 1 aromatic carbocycles. The number of aliphatic hydroxyl groups excluding tert-OH is 2. The van der Waals surface area contributed by atoms with E-state index in [1.807, 2.05) is 19.1 Å². The molecule has 0 aromatic heterocycles. The van der Waals surface area contributed by atoms with Gasteiger partial charge in [-0.1, -0.05) is 75.8 Å². The van der Waals surface area contributed by atoms with Gasteiger partial charge in [0, 0.05) is 23.8 Å². The highest BCUT2D eigenvalue weighted by molar-refractivity contribution is 6.05. The van der Waals surface area contributed by atoms with Crippen molar-refractivity contribution >= 4 is 11.8 Å². The molecule has 3 N–H and O–H groups in total. The van der Waals surface area contributed by atoms with Crippen LogP contribution in [0, 0.1) is 17.8 Å². The fourth-order valence-electron chi connectivity index (χ4n) is 9.24. The maximum absolute atomic E-state index is 13.8. The molecule has 5 fully saturated rings. The Hall–Kier alpha value is -2.96. The van der Waals surface area contributed by atoms with Crippen molar-refractivity contribution in [3.63, 3.8) is 0 Å². The molecule has 3 aliphatic carbocycles. The highest BCUT2D eigenvalue weighted by Gasteiger charge is 2.90. The van der Waals surface area contributed by atoms with Crippen LogP contribution in [0.25, 0.3) is 0 Å². The number of unbranched alkanes of at least 4 members (excludes halogenated alkanes) is 3. The molecule has 0 amide bonds. The van der Waals surface area contributed by atoms with Crippen LogP contribution in [0.15, 0.2) is 78.4 Å². The van der Waals surface area contributed by atoms with Crippen molar-refractivity contribution in [2.75, 3.05) is 6.61 Å². The topological polar surface area (TPSA) is 144 Å². The average Bonchev–Trinajstić information content (AvgIpc) is 3.69. The van der Waals surface area contributed by atoms with Crippen molar-refractivity contribution in [1.29, 1.82) is 0 Å². The van der Waals surface area contributed by atoms with Gasteiger partial charge >= 0.3 is 11.9 Å². The minimum Gasteiger partial charge on any atom is -0.455 e. The summed E-state index contributed by atoms with van der Waals surface area (Å²) in [6.45, 7) is 11.0. The Balaban J connectivity index is 1.41. The normalized spacial score (nSPS) is 45.8. The zero-order valence-electron chi connectivity index (χ0n) is 27.3. The molecule has 10 nitrogen and oxygen atoms in total. The summed E-state index contributed by atoms with van der Waals surface area (Å²) < 4.78 is 33.2. The highest BCUT2D eigenvalue weighted by Crippen LogP contribution is 2.73. The first kappa shape index (κ1) is 32.6. The van der Waals surface area contributed by atoms with E-state index in [1.165, 1.54) is 0 Å². The third kappa shape index (κ3) is 4.16. The summed E-state index contributed by atoms with van der Waals surface area (Å²) in [4.78, 5) is 27.6. The number of aliphatic hydroxyl groups is 3. The molecule has 7 rings (SSSR count). The zero-order chi connectivity index (χ0) is 33.6. The van der Waals surface area contributed by atoms with Crippen LogP contribution in [0.4, 0.5) is 0 Å². The molecule has 0 radical (unpaired) electrons. The number of rotatable bonds is 10. The number of ketones is 1. The molecule has 12 atom stereocenters. The lowest BCUT2D eigenvalue weighted by molar-refractivity contribution is -0.407. The fraction of sp³-hybridized carbons (Fsp3) is 0.568. The number of fused-ring (bicyclic) bond motifs is 3. The molecule has 2 saturated carbocycles. The first-order valence-electron chi connectivity index (χ1n) is 16.7. The second-order valence-corrected chi connectivity index (χ2v) is 14.1. The smallest absolute Gasteiger partial charge is 0.338 e. The van der Waals surface area contributed by atoms with Crippen LogP contribution in [0.2, 0.25) is 0 Å². The highest BCUT2D eigenvalue weighted by atomic mass is 16.9. The van der Waals surface area contributed by atoms with Gasteiger partial charge in [-0.25, -0.2) is 4.79 Å². The van der Waals surface area contributed by atoms with Gasteiger partial charge < -0.3 is 39.0 Å². The Labute approximate surface area is 274 Å². The SMILES string of the molecule is C=C(C)[C@]12OC3(/C=C\C=C/CCCCC)O[C@@H]1[C@@H]1[C@@H]4O[C@]4(CO)[C@@H](O)[C@]4(O)C(=O)C(C)=C[C@H]4[C@@]1(O3)[C@H](C)[C@H]2OC(=O)c1ccccc1. The Bertz CT molecular complexity index is 1570. The van der Waals surface area contributed by atoms with Crippen LogP contribution in [-0.4, -0.2) is 86.5 Å². The molecule has 47 heavy (non-hydrogen) atoms. The summed E-state index contributed by atoms with van der Waals surface area (Å²) in [5.74, 6) is -5.81. The summed E-state index contributed by atoms with van der Waals surface area (Å²) >= 11 is 0. The van der Waals surface area contributed by atoms with Gasteiger partial charge in [-0.15, -0.1) is 0 Å². The average molecular weight is 649 g/mol. The Morgan fingerprint density at radius 1 is 1.11 bits per heavy atom. The first-order valence-corrected chi connectivity index (χ1v) is 16.7. The number of hydrogen-bond acceptors (Lipinski definition) is 10. The van der Waals surface area contributed by atoms with E-state index in [0.29, 0.717) is 11.1 Å². The van der Waals surface area contributed by atoms with E-state index in [9.17, 15) is 24.9 Å². The number of esters is 1. The summed E-state index contributed by atoms with van der Waals surface area (Å²) in [5.41, 5.74) is -6.01. The minimum absolute atomic E-state index is 0.238. The number of epoxide rings is 1. The van der Waals surface area contributed by atoms with Gasteiger partial charge in [0.2, 0.25) is 0 Å². The molecule has 252 valence electrons. The van der Waals surface area contributed by atoms with Crippen molar-refractivity contribution in [2.45, 2.75) is 106 Å². The van der Waals surface area contributed by atoms with Gasteiger partial charge in [0.15, 0.2) is 17.0 Å². The largest absolute Gasteiger partial charge is 0.455 e. The molecular formula is C37H44O10. The third-order valence-electron chi connectivity index (χ3n) is 11.5. The van der Waals surface area contributed by atoms with Crippen molar-refractivity contribution in [3.05, 3.63) is 84.0 Å². The lowest BCUT2D eigenvalue weighted by Crippen LogP contribution is -2.76. The van der Waals surface area contributed by atoms with Gasteiger partial charge in [-0.2, -0.15) is 0 Å². The Morgan fingerprint density at radius 3 is 2.53 bits per heavy atom. The van der Waals surface area contributed by atoms with Crippen LogP contribution in [-0.2, 0) is 28.5 Å². The molecule has 3 heterocycles. The summed E-state index contributed by atoms with van der Waals surface area (Å²) in [7, 11) is 0. The van der Waals surface area contributed by atoms with E-state index in [4.69, 9.17) is 23.7 Å². The second kappa shape index (κ2) is 11.0. The van der Waals surface area contributed by atoms with Crippen molar-refractivity contribution in [2.24, 2.45) is 17.8 Å². The fourth-order valence-corrected chi connectivity index (χ4v) is 9.24. The van der Waals surface area contributed by atoms with Crippen molar-refractivity contribution in [3.8, 4) is 0 Å². The standard InChI is InChI=1S/C37H44O10/c1-6-7-8-9-10-11-15-18-34-45-30-26-29-33(20-38,44-29)32(41)35(42)25(19-22(4)27(35)39)37(26,47-34)23(5)28(36(30,46-34)21(2)3)43-31(40)24-16-13-12-14-17-24/h10-19,23,25-26,28-30,32,38,41-42H,2,6-9,20H2,1,3-5H3/b11-10-,18-15-/t23-,25-,26+,28-,29+,30-,32-,33+,34?,35-,36-,37+/m1/s1. The molecule has 1 aromatic rings. The maximum atomic E-state index is 13.8. The Morgan fingerprint density at radius 2 is 1.85 bits per heavy atom. The van der Waals surface area contributed by atoms with Crippen LogP contribution in [0.1, 0.15) is 63.7 Å². The quantitative estimate of drug-likeness (QED) is 0.113. The minimum atomic E-state index is -2.41. The number of allylic oxidation sites excluding steroid dienone is 3. The molecule has 3 saturated heterocycles. The number of ether oxygens (including phenoxy) is 5. The molecular weight excluding hydrogens is 604 g/mol. The first-order chi connectivity index (χ1) is 22.4. The number of hydrogen-bond donors (Lipinski definition) is 3.